The summed E-state index contributed by atoms with van der Waals surface area (Å²) in [6, 6.07) is 8.39. The van der Waals surface area contributed by atoms with E-state index in [9.17, 15) is 0 Å². The van der Waals surface area contributed by atoms with Crippen molar-refractivity contribution >= 4 is 0 Å². The van der Waals surface area contributed by atoms with E-state index in [2.05, 4.69) is 18.1 Å². The highest BCUT2D eigenvalue weighted by Crippen LogP contribution is 2.10. The Morgan fingerprint density at radius 1 is 1.38 bits per heavy atom. The summed E-state index contributed by atoms with van der Waals surface area (Å²) >= 11 is 0. The summed E-state index contributed by atoms with van der Waals surface area (Å²) in [6.07, 6.45) is 6.88. The van der Waals surface area contributed by atoms with Crippen LogP contribution in [0, 0.1) is 12.3 Å². The van der Waals surface area contributed by atoms with Crippen molar-refractivity contribution in [1.82, 2.24) is 0 Å². The van der Waals surface area contributed by atoms with Gasteiger partial charge in [0.1, 0.15) is 0 Å². The Hall–Kier alpha value is -1.26. The summed E-state index contributed by atoms with van der Waals surface area (Å²) in [7, 11) is 0. The van der Waals surface area contributed by atoms with Gasteiger partial charge in [0, 0.05) is 12.5 Å². The monoisotopic (exact) mass is 173 g/mol. The Bertz CT molecular complexity index is 307. The molecule has 0 amide bonds. The average molecular weight is 173 g/mol. The van der Waals surface area contributed by atoms with Crippen LogP contribution in [-0.4, -0.2) is 6.04 Å². The second kappa shape index (κ2) is 4.69. The van der Waals surface area contributed by atoms with Crippen LogP contribution in [0.3, 0.4) is 0 Å². The Kier molecular flexibility index (Phi) is 3.54. The van der Waals surface area contributed by atoms with Gasteiger partial charge in [-0.3, -0.25) is 0 Å². The molecule has 1 aromatic carbocycles. The number of rotatable bonds is 3. The molecule has 0 saturated carbocycles. The predicted octanol–water partition coefficient (Wildman–Crippen LogP) is 1.75. The summed E-state index contributed by atoms with van der Waals surface area (Å²) in [6.45, 7) is 2.01. The molecule has 0 aliphatic rings. The summed E-state index contributed by atoms with van der Waals surface area (Å²) in [5.41, 5.74) is 8.24. The van der Waals surface area contributed by atoms with Gasteiger partial charge >= 0.3 is 0 Å². The number of benzene rings is 1. The topological polar surface area (TPSA) is 26.0 Å². The third kappa shape index (κ3) is 2.93. The van der Waals surface area contributed by atoms with Gasteiger partial charge in [0.15, 0.2) is 0 Å². The molecule has 1 heteroatoms. The van der Waals surface area contributed by atoms with Crippen molar-refractivity contribution in [2.75, 3.05) is 0 Å². The number of nitrogens with two attached hydrogens (primary N) is 1. The zero-order valence-corrected chi connectivity index (χ0v) is 7.96. The highest BCUT2D eigenvalue weighted by atomic mass is 14.6. The molecule has 2 N–H and O–H groups in total. The van der Waals surface area contributed by atoms with Crippen molar-refractivity contribution in [3.05, 3.63) is 35.4 Å². The van der Waals surface area contributed by atoms with Crippen LogP contribution in [0.2, 0.25) is 0 Å². The number of hydrogen-bond acceptors (Lipinski definition) is 1. The van der Waals surface area contributed by atoms with E-state index in [0.717, 1.165) is 6.42 Å². The van der Waals surface area contributed by atoms with E-state index in [1.807, 2.05) is 19.1 Å². The van der Waals surface area contributed by atoms with E-state index in [1.165, 1.54) is 11.1 Å². The zero-order chi connectivity index (χ0) is 9.68. The molecule has 13 heavy (non-hydrogen) atoms. The normalized spacial score (nSPS) is 12.1. The quantitative estimate of drug-likeness (QED) is 0.692. The van der Waals surface area contributed by atoms with E-state index in [1.54, 1.807) is 0 Å². The molecule has 0 aliphatic carbocycles. The zero-order valence-electron chi connectivity index (χ0n) is 7.96. The van der Waals surface area contributed by atoms with Gasteiger partial charge < -0.3 is 5.73 Å². The fourth-order valence-electron chi connectivity index (χ4n) is 1.39. The van der Waals surface area contributed by atoms with Crippen molar-refractivity contribution in [2.45, 2.75) is 25.8 Å². The molecule has 0 bridgehead atoms. The first-order valence-electron chi connectivity index (χ1n) is 4.50. The molecule has 1 unspecified atom stereocenters. The maximum Gasteiger partial charge on any atom is 0.0340 e. The molecule has 1 aromatic rings. The van der Waals surface area contributed by atoms with Gasteiger partial charge in [-0.15, -0.1) is 12.3 Å². The smallest absolute Gasteiger partial charge is 0.0340 e. The molecule has 0 aromatic heterocycles. The SMILES string of the molecule is C#CCc1ccccc1CC(C)N. The van der Waals surface area contributed by atoms with Crippen LogP contribution in [0.4, 0.5) is 0 Å². The minimum absolute atomic E-state index is 0.193. The maximum atomic E-state index is 5.74. The van der Waals surface area contributed by atoms with Crippen LogP contribution in [-0.2, 0) is 12.8 Å². The molecule has 1 rings (SSSR count). The second-order valence-electron chi connectivity index (χ2n) is 3.33. The summed E-state index contributed by atoms with van der Waals surface area (Å²) in [5.74, 6) is 2.66. The third-order valence-electron chi connectivity index (χ3n) is 1.95. The lowest BCUT2D eigenvalue weighted by Gasteiger charge is -2.09. The molecule has 0 aliphatic heterocycles. The van der Waals surface area contributed by atoms with Gasteiger partial charge in [0.05, 0.1) is 0 Å². The highest BCUT2D eigenvalue weighted by Gasteiger charge is 2.02. The Balaban J connectivity index is 2.85. The Morgan fingerprint density at radius 2 is 2.00 bits per heavy atom. The van der Waals surface area contributed by atoms with Gasteiger partial charge in [-0.05, 0) is 24.5 Å². The van der Waals surface area contributed by atoms with Crippen LogP contribution >= 0.6 is 0 Å². The Morgan fingerprint density at radius 3 is 2.54 bits per heavy atom. The van der Waals surface area contributed by atoms with Crippen molar-refractivity contribution in [3.63, 3.8) is 0 Å². The van der Waals surface area contributed by atoms with Crippen LogP contribution < -0.4 is 5.73 Å². The summed E-state index contributed by atoms with van der Waals surface area (Å²) in [5, 5.41) is 0. The van der Waals surface area contributed by atoms with Gasteiger partial charge in [-0.1, -0.05) is 24.3 Å². The van der Waals surface area contributed by atoms with E-state index in [4.69, 9.17) is 12.2 Å². The summed E-state index contributed by atoms with van der Waals surface area (Å²) < 4.78 is 0. The van der Waals surface area contributed by atoms with Gasteiger partial charge in [0.2, 0.25) is 0 Å². The van der Waals surface area contributed by atoms with Crippen molar-refractivity contribution in [3.8, 4) is 12.3 Å². The van der Waals surface area contributed by atoms with Crippen molar-refractivity contribution < 1.29 is 0 Å². The van der Waals surface area contributed by atoms with Gasteiger partial charge in [0.25, 0.3) is 0 Å². The van der Waals surface area contributed by atoms with Crippen LogP contribution in [0.5, 0.6) is 0 Å². The fraction of sp³-hybridized carbons (Fsp3) is 0.333. The molecule has 68 valence electrons. The molecular weight excluding hydrogens is 158 g/mol. The lowest BCUT2D eigenvalue weighted by molar-refractivity contribution is 0.733. The molecule has 0 spiro atoms. The predicted molar refractivity (Wildman–Crippen MR) is 56.3 cm³/mol. The van der Waals surface area contributed by atoms with Crippen LogP contribution in [0.1, 0.15) is 18.1 Å². The molecule has 0 heterocycles. The average Bonchev–Trinajstić information content (AvgIpc) is 2.08. The maximum absolute atomic E-state index is 5.74. The molecule has 1 nitrogen and oxygen atoms in total. The molecule has 0 fully saturated rings. The minimum Gasteiger partial charge on any atom is -0.328 e. The third-order valence-corrected chi connectivity index (χ3v) is 1.95. The van der Waals surface area contributed by atoms with Gasteiger partial charge in [-0.25, -0.2) is 0 Å². The molecule has 0 radical (unpaired) electrons. The summed E-state index contributed by atoms with van der Waals surface area (Å²) in [4.78, 5) is 0. The second-order valence-corrected chi connectivity index (χ2v) is 3.33. The molecular formula is C12H15N. The van der Waals surface area contributed by atoms with Gasteiger partial charge in [-0.2, -0.15) is 0 Å². The lowest BCUT2D eigenvalue weighted by atomic mass is 9.99. The molecule has 0 saturated heterocycles. The lowest BCUT2D eigenvalue weighted by Crippen LogP contribution is -2.18. The number of hydrogen-bond donors (Lipinski definition) is 1. The van der Waals surface area contributed by atoms with Crippen LogP contribution in [0.25, 0.3) is 0 Å². The minimum atomic E-state index is 0.193. The van der Waals surface area contributed by atoms with E-state index < -0.39 is 0 Å². The first-order valence-corrected chi connectivity index (χ1v) is 4.50. The fourth-order valence-corrected chi connectivity index (χ4v) is 1.39. The Labute approximate surface area is 80.0 Å². The largest absolute Gasteiger partial charge is 0.328 e. The van der Waals surface area contributed by atoms with E-state index in [0.29, 0.717) is 6.42 Å². The molecule has 1 atom stereocenters. The van der Waals surface area contributed by atoms with E-state index in [-0.39, 0.29) is 6.04 Å². The number of terminal acetylenes is 1. The van der Waals surface area contributed by atoms with Crippen molar-refractivity contribution in [1.29, 1.82) is 0 Å². The van der Waals surface area contributed by atoms with Crippen molar-refractivity contribution in [2.24, 2.45) is 5.73 Å². The van der Waals surface area contributed by atoms with E-state index >= 15 is 0 Å². The first-order chi connectivity index (χ1) is 6.24. The standard InChI is InChI=1S/C12H15N/c1-3-6-11-7-4-5-8-12(11)9-10(2)13/h1,4-5,7-8,10H,6,9,13H2,2H3. The highest BCUT2D eigenvalue weighted by molar-refractivity contribution is 5.30. The first kappa shape index (κ1) is 9.83. The van der Waals surface area contributed by atoms with Crippen LogP contribution in [0.15, 0.2) is 24.3 Å².